The van der Waals surface area contributed by atoms with Gasteiger partial charge >= 0.3 is 5.97 Å². The summed E-state index contributed by atoms with van der Waals surface area (Å²) in [6.07, 6.45) is 0.921. The molecule has 36 heavy (non-hydrogen) atoms. The summed E-state index contributed by atoms with van der Waals surface area (Å²) in [4.78, 5) is 40.0. The van der Waals surface area contributed by atoms with Gasteiger partial charge in [0.05, 0.1) is 18.6 Å². The van der Waals surface area contributed by atoms with Crippen molar-refractivity contribution in [1.29, 1.82) is 0 Å². The van der Waals surface area contributed by atoms with Crippen LogP contribution in [0.5, 0.6) is 5.75 Å². The number of carbonyl (C=O) groups excluding carboxylic acids is 3. The van der Waals surface area contributed by atoms with E-state index in [1.807, 2.05) is 65.8 Å². The van der Waals surface area contributed by atoms with Gasteiger partial charge in [0, 0.05) is 25.3 Å². The van der Waals surface area contributed by atoms with Crippen LogP contribution in [-0.4, -0.2) is 58.5 Å². The van der Waals surface area contributed by atoms with Gasteiger partial charge in [-0.1, -0.05) is 18.2 Å². The molecule has 5 unspecified atom stereocenters. The Labute approximate surface area is 212 Å². The van der Waals surface area contributed by atoms with Crippen LogP contribution < -0.4 is 10.5 Å². The summed E-state index contributed by atoms with van der Waals surface area (Å²) in [7, 11) is 0. The number of hydrogen-bond acceptors (Lipinski definition) is 7. The van der Waals surface area contributed by atoms with Crippen molar-refractivity contribution in [3.8, 4) is 5.75 Å². The van der Waals surface area contributed by atoms with Crippen LogP contribution in [0.2, 0.25) is 0 Å². The van der Waals surface area contributed by atoms with E-state index in [1.54, 1.807) is 4.90 Å². The summed E-state index contributed by atoms with van der Waals surface area (Å²) in [6, 6.07) is 7.49. The van der Waals surface area contributed by atoms with Gasteiger partial charge < -0.3 is 29.6 Å². The van der Waals surface area contributed by atoms with Crippen molar-refractivity contribution in [2.24, 2.45) is 11.7 Å². The topological polar surface area (TPSA) is 117 Å². The number of benzene rings is 1. The van der Waals surface area contributed by atoms with E-state index >= 15 is 0 Å². The molecule has 5 atom stereocenters. The molecule has 0 aliphatic carbocycles. The third kappa shape index (κ3) is 5.52. The minimum Gasteiger partial charge on any atom is -0.468 e. The zero-order valence-electron chi connectivity index (χ0n) is 22.0. The lowest BCUT2D eigenvalue weighted by molar-refractivity contribution is -0.301. The molecule has 9 nitrogen and oxygen atoms in total. The molecular weight excluding hydrogens is 464 g/mol. The third-order valence-electron chi connectivity index (χ3n) is 6.97. The number of amides is 2. The standard InChI is InChI=1S/C27H38N2O7/c1-25(2,3)36-21(30)14-17-13-16(33-26(4,5)34-17)11-12-29-24(32)22(23(28)31)19-15-27(29,6)35-20-10-8-7-9-18(19)20/h7-10,16-17,19,22H,11-15H2,1-6H3,(H2,28,31). The first kappa shape index (κ1) is 26.4. The largest absolute Gasteiger partial charge is 0.468 e. The molecule has 198 valence electrons. The fourth-order valence-electron chi connectivity index (χ4n) is 5.74. The minimum absolute atomic E-state index is 0.117. The monoisotopic (exact) mass is 502 g/mol. The number of esters is 1. The summed E-state index contributed by atoms with van der Waals surface area (Å²) in [5.41, 5.74) is 5.09. The van der Waals surface area contributed by atoms with E-state index in [0.717, 1.165) is 5.56 Å². The van der Waals surface area contributed by atoms with Crippen molar-refractivity contribution in [2.75, 3.05) is 6.54 Å². The molecule has 2 saturated heterocycles. The highest BCUT2D eigenvalue weighted by Gasteiger charge is 2.55. The van der Waals surface area contributed by atoms with Crippen molar-refractivity contribution < 1.29 is 33.3 Å². The lowest BCUT2D eigenvalue weighted by Crippen LogP contribution is -2.65. The van der Waals surface area contributed by atoms with E-state index in [9.17, 15) is 14.4 Å². The Bertz CT molecular complexity index is 1030. The minimum atomic E-state index is -0.949. The van der Waals surface area contributed by atoms with Gasteiger partial charge in [0.2, 0.25) is 11.8 Å². The van der Waals surface area contributed by atoms with Crippen LogP contribution in [0, 0.1) is 5.92 Å². The molecule has 2 bridgehead atoms. The van der Waals surface area contributed by atoms with Crippen LogP contribution in [0.4, 0.5) is 0 Å². The Kier molecular flexibility index (Phi) is 6.85. The van der Waals surface area contributed by atoms with Gasteiger partial charge in [-0.05, 0) is 59.6 Å². The molecule has 0 saturated carbocycles. The molecule has 0 spiro atoms. The Hall–Kier alpha value is -2.65. The second-order valence-corrected chi connectivity index (χ2v) is 11.7. The summed E-state index contributed by atoms with van der Waals surface area (Å²) >= 11 is 0. The molecule has 2 amide bonds. The van der Waals surface area contributed by atoms with Gasteiger partial charge in [0.15, 0.2) is 11.5 Å². The first-order chi connectivity index (χ1) is 16.7. The SMILES string of the molecule is CC(C)(C)OC(=O)CC1CC(CCN2C(=O)C(C(N)=O)C3CC2(C)Oc2ccccc23)OC(C)(C)O1. The van der Waals surface area contributed by atoms with Crippen LogP contribution in [0.15, 0.2) is 24.3 Å². The number of hydrogen-bond donors (Lipinski definition) is 1. The number of primary amides is 1. The van der Waals surface area contributed by atoms with Crippen molar-refractivity contribution in [3.63, 3.8) is 0 Å². The highest BCUT2D eigenvalue weighted by Crippen LogP contribution is 2.50. The van der Waals surface area contributed by atoms with Crippen molar-refractivity contribution in [3.05, 3.63) is 29.8 Å². The first-order valence-electron chi connectivity index (χ1n) is 12.6. The number of ether oxygens (including phenoxy) is 4. The van der Waals surface area contributed by atoms with E-state index in [-0.39, 0.29) is 36.4 Å². The van der Waals surface area contributed by atoms with Crippen LogP contribution in [0.25, 0.3) is 0 Å². The van der Waals surface area contributed by atoms with Gasteiger partial charge in [0.1, 0.15) is 17.3 Å². The van der Waals surface area contributed by atoms with E-state index < -0.39 is 28.9 Å². The van der Waals surface area contributed by atoms with E-state index in [0.29, 0.717) is 31.6 Å². The number of nitrogens with zero attached hydrogens (tertiary/aromatic N) is 1. The van der Waals surface area contributed by atoms with Gasteiger partial charge in [0.25, 0.3) is 0 Å². The lowest BCUT2D eigenvalue weighted by Gasteiger charge is -2.53. The van der Waals surface area contributed by atoms with Crippen LogP contribution in [-0.2, 0) is 28.6 Å². The van der Waals surface area contributed by atoms with Gasteiger partial charge in [-0.15, -0.1) is 0 Å². The van der Waals surface area contributed by atoms with Gasteiger partial charge in [-0.3, -0.25) is 14.4 Å². The molecule has 2 N–H and O–H groups in total. The average Bonchev–Trinajstić information content (AvgIpc) is 2.70. The molecule has 0 aromatic heterocycles. The second-order valence-electron chi connectivity index (χ2n) is 11.7. The maximum absolute atomic E-state index is 13.6. The molecule has 0 radical (unpaired) electrons. The smallest absolute Gasteiger partial charge is 0.308 e. The average molecular weight is 503 g/mol. The molecule has 2 fully saturated rings. The quantitative estimate of drug-likeness (QED) is 0.469. The molecular formula is C27H38N2O7. The highest BCUT2D eigenvalue weighted by molar-refractivity contribution is 6.01. The fourth-order valence-corrected chi connectivity index (χ4v) is 5.74. The number of nitrogens with two attached hydrogens (primary N) is 1. The molecule has 3 heterocycles. The second kappa shape index (κ2) is 9.34. The number of para-hydroxylation sites is 1. The van der Waals surface area contributed by atoms with Crippen LogP contribution >= 0.6 is 0 Å². The zero-order chi connectivity index (χ0) is 26.5. The molecule has 3 aliphatic rings. The van der Waals surface area contributed by atoms with E-state index in [2.05, 4.69) is 0 Å². The maximum Gasteiger partial charge on any atom is 0.308 e. The summed E-state index contributed by atoms with van der Waals surface area (Å²) in [6.45, 7) is 11.3. The number of carbonyl (C=O) groups is 3. The Morgan fingerprint density at radius 2 is 1.81 bits per heavy atom. The Morgan fingerprint density at radius 3 is 2.47 bits per heavy atom. The maximum atomic E-state index is 13.6. The predicted octanol–water partition coefficient (Wildman–Crippen LogP) is 3.24. The number of likely N-dealkylation sites (tertiary alicyclic amines) is 1. The summed E-state index contributed by atoms with van der Waals surface area (Å²) in [5.74, 6) is -2.78. The van der Waals surface area contributed by atoms with E-state index in [4.69, 9.17) is 24.7 Å². The van der Waals surface area contributed by atoms with E-state index in [1.165, 1.54) is 0 Å². The van der Waals surface area contributed by atoms with Gasteiger partial charge in [-0.25, -0.2) is 0 Å². The molecule has 1 aromatic rings. The van der Waals surface area contributed by atoms with Gasteiger partial charge in [-0.2, -0.15) is 0 Å². The molecule has 3 aliphatic heterocycles. The molecule has 1 aromatic carbocycles. The lowest BCUT2D eigenvalue weighted by atomic mass is 9.73. The first-order valence-corrected chi connectivity index (χ1v) is 12.6. The summed E-state index contributed by atoms with van der Waals surface area (Å²) < 4.78 is 23.9. The highest BCUT2D eigenvalue weighted by atomic mass is 16.7. The molecule has 4 rings (SSSR count). The number of piperidine rings is 1. The molecule has 9 heteroatoms. The Morgan fingerprint density at radius 1 is 1.14 bits per heavy atom. The Balaban J connectivity index is 1.49. The third-order valence-corrected chi connectivity index (χ3v) is 6.97. The zero-order valence-corrected chi connectivity index (χ0v) is 22.0. The normalized spacial score (nSPS) is 31.3. The summed E-state index contributed by atoms with van der Waals surface area (Å²) in [5, 5.41) is 0. The van der Waals surface area contributed by atoms with Crippen molar-refractivity contribution in [1.82, 2.24) is 4.90 Å². The van der Waals surface area contributed by atoms with Crippen LogP contribution in [0.3, 0.4) is 0 Å². The van der Waals surface area contributed by atoms with Crippen molar-refractivity contribution >= 4 is 17.8 Å². The van der Waals surface area contributed by atoms with Crippen LogP contribution in [0.1, 0.15) is 78.7 Å². The van der Waals surface area contributed by atoms with Crippen molar-refractivity contribution in [2.45, 2.75) is 102 Å². The fraction of sp³-hybridized carbons (Fsp3) is 0.667. The number of rotatable bonds is 6. The number of fused-ring (bicyclic) bond motifs is 4. The predicted molar refractivity (Wildman–Crippen MR) is 131 cm³/mol.